The molecule has 66 heavy (non-hydrogen) atoms. The predicted octanol–water partition coefficient (Wildman–Crippen LogP) is 15.6. The van der Waals surface area contributed by atoms with Gasteiger partial charge in [0, 0.05) is 38.6 Å². The summed E-state index contributed by atoms with van der Waals surface area (Å²) in [7, 11) is 0. The van der Waals surface area contributed by atoms with E-state index in [4.69, 9.17) is 0 Å². The van der Waals surface area contributed by atoms with Crippen LogP contribution in [0.5, 0.6) is 0 Å². The molecule has 0 fully saturated rings. The molecule has 9 aromatic carbocycles. The first-order chi connectivity index (χ1) is 32.1. The second-order valence-electron chi connectivity index (χ2n) is 18.1. The van der Waals surface area contributed by atoms with Gasteiger partial charge in [-0.1, -0.05) is 175 Å². The summed E-state index contributed by atoms with van der Waals surface area (Å²) in [5, 5.41) is 15.1. The first-order valence-corrected chi connectivity index (χ1v) is 22.8. The molecule has 1 aliphatic heterocycles. The lowest BCUT2D eigenvalue weighted by Crippen LogP contribution is -2.29. The number of nitrogens with zero attached hydrogens (tertiary/aromatic N) is 2. The number of aromatic nitrogens is 1. The molecule has 2 heterocycles. The summed E-state index contributed by atoms with van der Waals surface area (Å²) in [6.45, 7) is 13.1. The first kappa shape index (κ1) is 40.9. The molecule has 0 radical (unpaired) electrons. The van der Waals surface area contributed by atoms with Gasteiger partial charge in [-0.15, -0.1) is 0 Å². The third kappa shape index (κ3) is 6.51. The lowest BCUT2D eigenvalue weighted by Gasteiger charge is -2.28. The largest absolute Gasteiger partial charge is 0.369 e. The molecule has 0 spiro atoms. The standard InChI is InChI=1S/C62H50N2O2/c1-37-31-39(3)55(40(4)32-37)49-27-16-25-47-48-26-17-28-50(56-41(5)33-38(2)34-42(56)6)59(48)63(58(47)49)54-30-18-29-51-57(54)62(66)64(61(51)65)60-52(44-21-12-8-13-22-44)35-46(43-19-10-7-11-20-43)36-53(60)45-23-14-9-15-24-45/h7-36,61,65H,1-6H3. The molecule has 1 aliphatic rings. The Kier molecular flexibility index (Phi) is 9.94. The maximum absolute atomic E-state index is 16.1. The Balaban J connectivity index is 1.23. The van der Waals surface area contributed by atoms with Crippen LogP contribution < -0.4 is 4.90 Å². The van der Waals surface area contributed by atoms with Gasteiger partial charge in [0.05, 0.1) is 28.0 Å². The average Bonchev–Trinajstić information content (AvgIpc) is 3.80. The van der Waals surface area contributed by atoms with Crippen LogP contribution in [0, 0.1) is 41.5 Å². The number of carbonyl (C=O) groups is 1. The van der Waals surface area contributed by atoms with Crippen LogP contribution in [0.4, 0.5) is 5.69 Å². The van der Waals surface area contributed by atoms with Crippen molar-refractivity contribution in [1.82, 2.24) is 4.57 Å². The molecule has 0 saturated heterocycles. The van der Waals surface area contributed by atoms with Gasteiger partial charge in [0.15, 0.2) is 6.23 Å². The van der Waals surface area contributed by atoms with E-state index in [0.29, 0.717) is 16.8 Å². The fraction of sp³-hybridized carbons (Fsp3) is 0.113. The Labute approximate surface area is 386 Å². The van der Waals surface area contributed by atoms with Gasteiger partial charge in [-0.2, -0.15) is 0 Å². The molecule has 11 rings (SSSR count). The molecule has 1 N–H and O–H groups in total. The minimum atomic E-state index is -1.27. The maximum atomic E-state index is 16.1. The third-order valence-corrected chi connectivity index (χ3v) is 13.6. The minimum Gasteiger partial charge on any atom is -0.369 e. The molecule has 1 aromatic heterocycles. The quantitative estimate of drug-likeness (QED) is 0.174. The van der Waals surface area contributed by atoms with Crippen LogP contribution in [0.1, 0.15) is 55.5 Å². The number of aliphatic hydroxyl groups excluding tert-OH is 1. The highest BCUT2D eigenvalue weighted by Gasteiger charge is 2.42. The van der Waals surface area contributed by atoms with E-state index >= 15 is 4.79 Å². The molecule has 1 unspecified atom stereocenters. The molecule has 10 aromatic rings. The van der Waals surface area contributed by atoms with Crippen molar-refractivity contribution in [3.8, 4) is 61.3 Å². The van der Waals surface area contributed by atoms with Crippen molar-refractivity contribution >= 4 is 33.4 Å². The highest BCUT2D eigenvalue weighted by atomic mass is 16.3. The Bertz CT molecular complexity index is 3340. The number of aryl methyl sites for hydroxylation is 6. The van der Waals surface area contributed by atoms with Crippen LogP contribution in [0.3, 0.4) is 0 Å². The number of carbonyl (C=O) groups excluding carboxylic acids is 1. The van der Waals surface area contributed by atoms with Crippen molar-refractivity contribution < 1.29 is 9.90 Å². The Morgan fingerprint density at radius 3 is 1.29 bits per heavy atom. The van der Waals surface area contributed by atoms with E-state index in [1.54, 1.807) is 4.90 Å². The maximum Gasteiger partial charge on any atom is 0.263 e. The van der Waals surface area contributed by atoms with Crippen LogP contribution in [-0.4, -0.2) is 15.6 Å². The molecular weight excluding hydrogens is 805 g/mol. The zero-order valence-corrected chi connectivity index (χ0v) is 38.1. The fourth-order valence-electron chi connectivity index (χ4n) is 11.1. The lowest BCUT2D eigenvalue weighted by molar-refractivity contribution is 0.0935. The van der Waals surface area contributed by atoms with Gasteiger partial charge < -0.3 is 9.67 Å². The number of rotatable bonds is 7. The summed E-state index contributed by atoms with van der Waals surface area (Å²) in [4.78, 5) is 17.7. The van der Waals surface area contributed by atoms with E-state index < -0.39 is 6.23 Å². The van der Waals surface area contributed by atoms with E-state index in [-0.39, 0.29) is 5.91 Å². The number of hydrogen-bond donors (Lipinski definition) is 1. The fourth-order valence-corrected chi connectivity index (χ4v) is 11.1. The van der Waals surface area contributed by atoms with Crippen LogP contribution >= 0.6 is 0 Å². The molecule has 0 aliphatic carbocycles. The summed E-state index contributed by atoms with van der Waals surface area (Å²) in [6, 6.07) is 63.4. The summed E-state index contributed by atoms with van der Waals surface area (Å²) in [5.74, 6) is -0.259. The van der Waals surface area contributed by atoms with Gasteiger partial charge in [0.25, 0.3) is 5.91 Å². The molecular formula is C62H50N2O2. The van der Waals surface area contributed by atoms with Crippen molar-refractivity contribution in [2.75, 3.05) is 4.90 Å². The number of benzene rings is 9. The minimum absolute atomic E-state index is 0.259. The summed E-state index contributed by atoms with van der Waals surface area (Å²) in [6.07, 6.45) is -1.27. The van der Waals surface area contributed by atoms with E-state index in [9.17, 15) is 5.11 Å². The monoisotopic (exact) mass is 854 g/mol. The predicted molar refractivity (Wildman–Crippen MR) is 275 cm³/mol. The van der Waals surface area contributed by atoms with E-state index in [1.165, 1.54) is 44.5 Å². The Morgan fingerprint density at radius 2 is 0.833 bits per heavy atom. The number of amides is 1. The lowest BCUT2D eigenvalue weighted by atomic mass is 9.90. The summed E-state index contributed by atoms with van der Waals surface area (Å²) < 4.78 is 2.34. The van der Waals surface area contributed by atoms with Crippen LogP contribution in [0.25, 0.3) is 83.1 Å². The highest BCUT2D eigenvalue weighted by molar-refractivity contribution is 6.21. The molecule has 4 heteroatoms. The Hall–Kier alpha value is -7.79. The summed E-state index contributed by atoms with van der Waals surface area (Å²) in [5.41, 5.74) is 21.9. The Morgan fingerprint density at radius 1 is 0.409 bits per heavy atom. The number of fused-ring (bicyclic) bond motifs is 4. The number of para-hydroxylation sites is 2. The summed E-state index contributed by atoms with van der Waals surface area (Å²) >= 11 is 0. The molecule has 4 nitrogen and oxygen atoms in total. The SMILES string of the molecule is Cc1cc(C)c(-c2cccc3c4cccc(-c5c(C)cc(C)cc5C)c4n(-c4cccc5c4C(=O)N(c4c(-c6ccccc6)cc(-c6ccccc6)cc4-c4ccccc4)C5O)c23)c(C)c1. The van der Waals surface area contributed by atoms with Gasteiger partial charge >= 0.3 is 0 Å². The highest BCUT2D eigenvalue weighted by Crippen LogP contribution is 2.51. The van der Waals surface area contributed by atoms with Crippen molar-refractivity contribution in [2.24, 2.45) is 0 Å². The second-order valence-corrected chi connectivity index (χ2v) is 18.1. The molecule has 0 bridgehead atoms. The average molecular weight is 855 g/mol. The van der Waals surface area contributed by atoms with Gasteiger partial charge in [0.2, 0.25) is 0 Å². The first-order valence-electron chi connectivity index (χ1n) is 22.8. The van der Waals surface area contributed by atoms with Crippen molar-refractivity contribution in [3.05, 3.63) is 226 Å². The number of hydrogen-bond acceptors (Lipinski definition) is 2. The van der Waals surface area contributed by atoms with E-state index in [1.807, 2.05) is 66.7 Å². The molecule has 1 atom stereocenters. The van der Waals surface area contributed by atoms with E-state index in [2.05, 4.69) is 161 Å². The zero-order chi connectivity index (χ0) is 45.4. The normalized spacial score (nSPS) is 13.5. The van der Waals surface area contributed by atoms with Crippen LogP contribution in [0.15, 0.2) is 182 Å². The number of anilines is 1. The molecule has 0 saturated carbocycles. The smallest absolute Gasteiger partial charge is 0.263 e. The van der Waals surface area contributed by atoms with Gasteiger partial charge in [-0.25, -0.2) is 0 Å². The third-order valence-electron chi connectivity index (χ3n) is 13.6. The molecule has 320 valence electrons. The van der Waals surface area contributed by atoms with Crippen molar-refractivity contribution in [3.63, 3.8) is 0 Å². The second kappa shape index (κ2) is 16.0. The van der Waals surface area contributed by atoms with E-state index in [0.717, 1.165) is 72.0 Å². The van der Waals surface area contributed by atoms with Gasteiger partial charge in [-0.3, -0.25) is 9.69 Å². The van der Waals surface area contributed by atoms with Gasteiger partial charge in [0.1, 0.15) is 0 Å². The van der Waals surface area contributed by atoms with Crippen molar-refractivity contribution in [2.45, 2.75) is 47.8 Å². The van der Waals surface area contributed by atoms with Crippen LogP contribution in [-0.2, 0) is 0 Å². The van der Waals surface area contributed by atoms with Gasteiger partial charge in [-0.05, 0) is 115 Å². The zero-order valence-electron chi connectivity index (χ0n) is 38.1. The topological polar surface area (TPSA) is 45.5 Å². The number of aliphatic hydroxyl groups is 1. The van der Waals surface area contributed by atoms with Crippen molar-refractivity contribution in [1.29, 1.82) is 0 Å². The molecule has 1 amide bonds. The van der Waals surface area contributed by atoms with Crippen LogP contribution in [0.2, 0.25) is 0 Å².